The summed E-state index contributed by atoms with van der Waals surface area (Å²) in [5.74, 6) is -2.99. The van der Waals surface area contributed by atoms with Crippen LogP contribution in [0.25, 0.3) is 0 Å². The van der Waals surface area contributed by atoms with Gasteiger partial charge in [0, 0.05) is 23.4 Å². The van der Waals surface area contributed by atoms with Gasteiger partial charge in [-0.15, -0.1) is 12.6 Å². The molecule has 0 amide bonds. The first-order valence-electron chi connectivity index (χ1n) is 7.02. The Bertz CT molecular complexity index is 886. The normalized spacial score (nSPS) is 10.4. The van der Waals surface area contributed by atoms with E-state index in [-0.39, 0.29) is 0 Å². The molecule has 4 nitrogen and oxygen atoms in total. The summed E-state index contributed by atoms with van der Waals surface area (Å²) in [6.07, 6.45) is 3.24. The van der Waals surface area contributed by atoms with Crippen LogP contribution in [0.15, 0.2) is 46.3 Å². The third-order valence-corrected chi connectivity index (χ3v) is 4.06. The Morgan fingerprint density at radius 2 is 1.38 bits per heavy atom. The average molecular weight is 449 g/mol. The molecule has 3 aromatic rings. The van der Waals surface area contributed by atoms with Gasteiger partial charge in [0.2, 0.25) is 0 Å². The van der Waals surface area contributed by atoms with Gasteiger partial charge in [0.15, 0.2) is 5.16 Å². The summed E-state index contributed by atoms with van der Waals surface area (Å²) in [5.41, 5.74) is 9.72. The second-order valence-electron chi connectivity index (χ2n) is 5.11. The molecule has 0 unspecified atom stereocenters. The minimum Gasteiger partial charge on any atom is -0.394 e. The predicted molar refractivity (Wildman–Crippen MR) is 97.8 cm³/mol. The molecule has 4 N–H and O–H groups in total. The van der Waals surface area contributed by atoms with Crippen LogP contribution in [0.1, 0.15) is 5.56 Å². The summed E-state index contributed by atoms with van der Waals surface area (Å²) in [4.78, 5) is 3.89. The fourth-order valence-corrected chi connectivity index (χ4v) is 2.53. The minimum absolute atomic E-state index is 0.299. The molecule has 0 bridgehead atoms. The zero-order valence-corrected chi connectivity index (χ0v) is 15.5. The van der Waals surface area contributed by atoms with Crippen molar-refractivity contribution in [2.45, 2.75) is 11.7 Å². The molecule has 0 saturated heterocycles. The van der Waals surface area contributed by atoms with Crippen LogP contribution in [0.3, 0.4) is 0 Å². The third-order valence-electron chi connectivity index (χ3n) is 3.23. The van der Waals surface area contributed by atoms with Gasteiger partial charge in [-0.1, -0.05) is 15.9 Å². The highest BCUT2D eigenvalue weighted by molar-refractivity contribution is 9.10. The molecule has 0 atom stereocenters. The molecule has 0 fully saturated rings. The molecule has 1 heterocycles. The summed E-state index contributed by atoms with van der Waals surface area (Å²) in [7, 11) is 0. The minimum atomic E-state index is -0.754. The van der Waals surface area contributed by atoms with Gasteiger partial charge in [-0.3, -0.25) is 0 Å². The lowest BCUT2D eigenvalue weighted by Gasteiger charge is -2.06. The molecule has 0 aliphatic carbocycles. The van der Waals surface area contributed by atoms with Crippen LogP contribution in [0.4, 0.5) is 28.9 Å². The first kappa shape index (κ1) is 20.1. The Morgan fingerprint density at radius 3 is 1.81 bits per heavy atom. The topological polar surface area (TPSA) is 69.9 Å². The number of halogens is 5. The first-order chi connectivity index (χ1) is 12.2. The number of thiol groups is 1. The summed E-state index contributed by atoms with van der Waals surface area (Å²) >= 11 is 7.00. The van der Waals surface area contributed by atoms with Crippen molar-refractivity contribution in [2.24, 2.45) is 0 Å². The van der Waals surface area contributed by atoms with E-state index in [4.69, 9.17) is 11.5 Å². The lowest BCUT2D eigenvalue weighted by Crippen LogP contribution is -2.03. The van der Waals surface area contributed by atoms with Crippen LogP contribution in [-0.4, -0.2) is 9.55 Å². The molecule has 2 aromatic carbocycles. The first-order valence-corrected chi connectivity index (χ1v) is 8.26. The Morgan fingerprint density at radius 1 is 0.923 bits per heavy atom. The fraction of sp³-hybridized carbons (Fsp3) is 0.0625. The highest BCUT2D eigenvalue weighted by atomic mass is 79.9. The van der Waals surface area contributed by atoms with E-state index < -0.39 is 34.6 Å². The van der Waals surface area contributed by atoms with Crippen molar-refractivity contribution in [3.63, 3.8) is 0 Å². The molecule has 3 rings (SSSR count). The Kier molecular flexibility index (Phi) is 6.54. The summed E-state index contributed by atoms with van der Waals surface area (Å²) < 4.78 is 53.2. The maximum atomic E-state index is 13.2. The maximum Gasteiger partial charge on any atom is 0.165 e. The van der Waals surface area contributed by atoms with Crippen LogP contribution < -0.4 is 11.5 Å². The van der Waals surface area contributed by atoms with Crippen molar-refractivity contribution in [3.8, 4) is 0 Å². The molecule has 0 spiro atoms. The van der Waals surface area contributed by atoms with E-state index in [9.17, 15) is 17.6 Å². The highest BCUT2D eigenvalue weighted by Gasteiger charge is 2.08. The van der Waals surface area contributed by atoms with Crippen LogP contribution in [-0.2, 0) is 6.54 Å². The van der Waals surface area contributed by atoms with Crippen LogP contribution in [0.2, 0.25) is 0 Å². The second kappa shape index (κ2) is 8.45. The second-order valence-corrected chi connectivity index (χ2v) is 6.43. The standard InChI is InChI=1S/C10H9F2N3S.C6H4BrF2N/c11-7-3-6(4-8(12)9(7)13)5-15-2-1-14-10(15)16;7-3-1-4(8)6(10)5(9)2-3/h1-4H,5,13H2,(H,14,16);1-2H,10H2. The molecule has 10 heteroatoms. The number of hydrogen-bond donors (Lipinski definition) is 3. The van der Waals surface area contributed by atoms with Gasteiger partial charge in [-0.2, -0.15) is 0 Å². The molecule has 0 aliphatic rings. The van der Waals surface area contributed by atoms with Gasteiger partial charge in [0.25, 0.3) is 0 Å². The zero-order valence-electron chi connectivity index (χ0n) is 13.1. The summed E-state index contributed by atoms with van der Waals surface area (Å²) in [6, 6.07) is 4.62. The molecule has 26 heavy (non-hydrogen) atoms. The lowest BCUT2D eigenvalue weighted by atomic mass is 10.2. The number of aromatic nitrogens is 2. The number of nitrogens with zero attached hydrogens (tertiary/aromatic N) is 2. The van der Waals surface area contributed by atoms with E-state index in [2.05, 4.69) is 33.5 Å². The maximum absolute atomic E-state index is 13.2. The van der Waals surface area contributed by atoms with E-state index in [1.54, 1.807) is 17.0 Å². The van der Waals surface area contributed by atoms with E-state index in [1.165, 1.54) is 12.1 Å². The predicted octanol–water partition coefficient (Wildman–Crippen LogP) is 4.39. The van der Waals surface area contributed by atoms with Crippen molar-refractivity contribution in [2.75, 3.05) is 11.5 Å². The lowest BCUT2D eigenvalue weighted by molar-refractivity contribution is 0.583. The smallest absolute Gasteiger partial charge is 0.165 e. The van der Waals surface area contributed by atoms with Crippen molar-refractivity contribution in [1.29, 1.82) is 0 Å². The van der Waals surface area contributed by atoms with E-state index in [0.29, 0.717) is 21.7 Å². The molecular weight excluding hydrogens is 436 g/mol. The molecule has 0 radical (unpaired) electrons. The van der Waals surface area contributed by atoms with Gasteiger partial charge < -0.3 is 16.0 Å². The van der Waals surface area contributed by atoms with Gasteiger partial charge >= 0.3 is 0 Å². The molecular formula is C16H13BrF4N4S. The number of rotatable bonds is 2. The number of hydrogen-bond acceptors (Lipinski definition) is 4. The third kappa shape index (κ3) is 4.92. The number of nitrogen functional groups attached to an aromatic ring is 2. The molecule has 0 saturated carbocycles. The average Bonchev–Trinajstić information content (AvgIpc) is 2.96. The Hall–Kier alpha value is -2.20. The highest BCUT2D eigenvalue weighted by Crippen LogP contribution is 2.20. The SMILES string of the molecule is Nc1c(F)cc(Br)cc1F.Nc1c(F)cc(Cn2ccnc2S)cc1F. The number of imidazole rings is 1. The van der Waals surface area contributed by atoms with Gasteiger partial charge in [-0.05, 0) is 29.8 Å². The van der Waals surface area contributed by atoms with Crippen LogP contribution in [0, 0.1) is 23.3 Å². The van der Waals surface area contributed by atoms with Crippen molar-refractivity contribution in [1.82, 2.24) is 9.55 Å². The van der Waals surface area contributed by atoms with Crippen molar-refractivity contribution in [3.05, 3.63) is 70.0 Å². The van der Waals surface area contributed by atoms with Crippen molar-refractivity contribution < 1.29 is 17.6 Å². The Labute approximate surface area is 160 Å². The largest absolute Gasteiger partial charge is 0.394 e. The fourth-order valence-electron chi connectivity index (χ4n) is 1.92. The Balaban J connectivity index is 0.000000209. The molecule has 0 aliphatic heterocycles. The van der Waals surface area contributed by atoms with E-state index in [0.717, 1.165) is 12.1 Å². The van der Waals surface area contributed by atoms with Gasteiger partial charge in [0.05, 0.1) is 0 Å². The van der Waals surface area contributed by atoms with Crippen LogP contribution in [0.5, 0.6) is 0 Å². The van der Waals surface area contributed by atoms with E-state index >= 15 is 0 Å². The monoisotopic (exact) mass is 448 g/mol. The number of benzene rings is 2. The number of anilines is 2. The number of nitrogens with two attached hydrogens (primary N) is 2. The van der Waals surface area contributed by atoms with Crippen LogP contribution >= 0.6 is 28.6 Å². The van der Waals surface area contributed by atoms with Crippen molar-refractivity contribution >= 4 is 39.9 Å². The summed E-state index contributed by atoms with van der Waals surface area (Å²) in [6.45, 7) is 0.299. The molecule has 138 valence electrons. The summed E-state index contributed by atoms with van der Waals surface area (Å²) in [5, 5.41) is 0.484. The molecule has 1 aromatic heterocycles. The van der Waals surface area contributed by atoms with Gasteiger partial charge in [-0.25, -0.2) is 22.5 Å². The van der Waals surface area contributed by atoms with E-state index in [1.807, 2.05) is 0 Å². The quantitative estimate of drug-likeness (QED) is 0.309. The zero-order chi connectivity index (χ0) is 19.4. The van der Waals surface area contributed by atoms with Gasteiger partial charge in [0.1, 0.15) is 34.6 Å².